The van der Waals surface area contributed by atoms with Crippen molar-refractivity contribution in [1.29, 1.82) is 0 Å². The van der Waals surface area contributed by atoms with Crippen LogP contribution in [-0.2, 0) is 22.6 Å². The van der Waals surface area contributed by atoms with Crippen molar-refractivity contribution in [2.45, 2.75) is 26.5 Å². The molecular weight excluding hydrogens is 390 g/mol. The summed E-state index contributed by atoms with van der Waals surface area (Å²) < 4.78 is 13.1. The van der Waals surface area contributed by atoms with Gasteiger partial charge in [0.1, 0.15) is 17.9 Å². The Bertz CT molecular complexity index is 1200. The summed E-state index contributed by atoms with van der Waals surface area (Å²) >= 11 is 0. The number of imidazole rings is 1. The van der Waals surface area contributed by atoms with Crippen LogP contribution in [0.2, 0.25) is 0 Å². The number of nitrogens with zero attached hydrogens (tertiary/aromatic N) is 4. The minimum Gasteiger partial charge on any atom is -0.385 e. The minimum atomic E-state index is 0.427. The molecule has 0 saturated heterocycles. The predicted octanol–water partition coefficient (Wildman–Crippen LogP) is 4.31. The lowest BCUT2D eigenvalue weighted by Crippen LogP contribution is -2.08. The second-order valence-corrected chi connectivity index (χ2v) is 7.22. The fourth-order valence-corrected chi connectivity index (χ4v) is 3.65. The highest BCUT2D eigenvalue weighted by Crippen LogP contribution is 2.30. The van der Waals surface area contributed by atoms with Gasteiger partial charge in [0.05, 0.1) is 16.7 Å². The molecule has 4 aromatic rings. The maximum atomic E-state index is 6.32. The quantitative estimate of drug-likeness (QED) is 0.408. The third kappa shape index (κ3) is 4.57. The van der Waals surface area contributed by atoms with E-state index in [1.807, 2.05) is 43.3 Å². The van der Waals surface area contributed by atoms with Gasteiger partial charge in [0.2, 0.25) is 0 Å². The van der Waals surface area contributed by atoms with Crippen molar-refractivity contribution >= 4 is 39.9 Å². The first-order valence-corrected chi connectivity index (χ1v) is 10.5. The lowest BCUT2D eigenvalue weighted by Gasteiger charge is -2.11. The van der Waals surface area contributed by atoms with E-state index in [1.165, 1.54) is 0 Å². The zero-order valence-electron chi connectivity index (χ0n) is 17.9. The highest BCUT2D eigenvalue weighted by Gasteiger charge is 2.17. The molecule has 0 amide bonds. The number of fused-ring (bicyclic) bond motifs is 3. The maximum absolute atomic E-state index is 6.32. The van der Waals surface area contributed by atoms with E-state index >= 15 is 0 Å². The second kappa shape index (κ2) is 9.68. The first-order valence-electron chi connectivity index (χ1n) is 10.5. The van der Waals surface area contributed by atoms with Gasteiger partial charge in [-0.15, -0.1) is 0 Å². The number of aryl methyl sites for hydroxylation is 1. The molecule has 31 heavy (non-hydrogen) atoms. The van der Waals surface area contributed by atoms with Crippen molar-refractivity contribution in [3.05, 3.63) is 59.7 Å². The van der Waals surface area contributed by atoms with E-state index in [2.05, 4.69) is 26.7 Å². The van der Waals surface area contributed by atoms with Crippen LogP contribution in [0.3, 0.4) is 0 Å². The summed E-state index contributed by atoms with van der Waals surface area (Å²) in [6.07, 6.45) is 6.66. The highest BCUT2D eigenvalue weighted by atomic mass is 16.5. The molecule has 7 nitrogen and oxygen atoms in total. The van der Waals surface area contributed by atoms with Crippen LogP contribution in [0.15, 0.2) is 42.6 Å². The van der Waals surface area contributed by atoms with Crippen LogP contribution in [0.4, 0.5) is 5.82 Å². The summed E-state index contributed by atoms with van der Waals surface area (Å²) in [5, 5.41) is 1.02. The van der Waals surface area contributed by atoms with Crippen LogP contribution < -0.4 is 5.73 Å². The maximum Gasteiger partial charge on any atom is 0.152 e. The first kappa shape index (κ1) is 21.0. The van der Waals surface area contributed by atoms with Gasteiger partial charge < -0.3 is 19.8 Å². The van der Waals surface area contributed by atoms with E-state index in [9.17, 15) is 0 Å². The molecule has 1 aromatic carbocycles. The Morgan fingerprint density at radius 1 is 1.13 bits per heavy atom. The zero-order valence-corrected chi connectivity index (χ0v) is 17.9. The third-order valence-electron chi connectivity index (χ3n) is 5.11. The number of hydrogen-bond acceptors (Lipinski definition) is 6. The number of hydrogen-bond donors (Lipinski definition) is 1. The molecule has 0 aliphatic rings. The summed E-state index contributed by atoms with van der Waals surface area (Å²) in [6, 6.07) is 12.0. The molecule has 2 N–H and O–H groups in total. The zero-order chi connectivity index (χ0) is 21.6. The molecule has 0 unspecified atom stereocenters. The smallest absolute Gasteiger partial charge is 0.152 e. The van der Waals surface area contributed by atoms with E-state index in [4.69, 9.17) is 20.2 Å². The molecule has 4 rings (SSSR count). The second-order valence-electron chi connectivity index (χ2n) is 7.22. The van der Waals surface area contributed by atoms with Crippen LogP contribution in [0.5, 0.6) is 0 Å². The molecule has 0 fully saturated rings. The molecule has 3 aromatic heterocycles. The number of ether oxygens (including phenoxy) is 2. The topological polar surface area (TPSA) is 88.1 Å². The molecule has 0 aliphatic carbocycles. The Balaban J connectivity index is 1.79. The van der Waals surface area contributed by atoms with Gasteiger partial charge in [-0.05, 0) is 43.2 Å². The van der Waals surface area contributed by atoms with Crippen molar-refractivity contribution in [2.24, 2.45) is 0 Å². The Hall–Kier alpha value is -3.29. The van der Waals surface area contributed by atoms with Crippen molar-refractivity contribution in [3.63, 3.8) is 0 Å². The highest BCUT2D eigenvalue weighted by molar-refractivity contribution is 6.07. The molecule has 0 aliphatic heterocycles. The van der Waals surface area contributed by atoms with Gasteiger partial charge in [-0.3, -0.25) is 4.98 Å². The number of methoxy groups -OCH3 is 1. The van der Waals surface area contributed by atoms with Gasteiger partial charge in [-0.1, -0.05) is 24.3 Å². The number of anilines is 1. The van der Waals surface area contributed by atoms with E-state index in [0.717, 1.165) is 52.0 Å². The molecule has 0 bridgehead atoms. The monoisotopic (exact) mass is 417 g/mol. The summed E-state index contributed by atoms with van der Waals surface area (Å²) in [6.45, 7) is 4.48. The predicted molar refractivity (Wildman–Crippen MR) is 124 cm³/mol. The summed E-state index contributed by atoms with van der Waals surface area (Å²) in [5.41, 5.74) is 10.8. The standard InChI is InChI=1S/C24H27N5O2/c1-3-31-16-21-28-22-23(29(21)13-6-14-30-2)19-11-9-17(15-20(19)27-24(22)25)8-10-18-7-4-5-12-26-18/h4-5,7-12,15H,3,6,13-14,16H2,1-2H3,(H2,25,27). The normalized spacial score (nSPS) is 11.8. The lowest BCUT2D eigenvalue weighted by molar-refractivity contribution is 0.125. The van der Waals surface area contributed by atoms with Gasteiger partial charge in [0.25, 0.3) is 0 Å². The molecule has 0 spiro atoms. The first-order chi connectivity index (χ1) is 15.2. The number of rotatable bonds is 9. The van der Waals surface area contributed by atoms with Gasteiger partial charge in [0.15, 0.2) is 5.82 Å². The molecule has 3 heterocycles. The van der Waals surface area contributed by atoms with E-state index in [0.29, 0.717) is 25.6 Å². The number of nitrogen functional groups attached to an aromatic ring is 1. The SMILES string of the molecule is CCOCc1nc2c(N)nc3cc(C=Cc4ccccn4)ccc3c2n1CCCOC. The van der Waals surface area contributed by atoms with Gasteiger partial charge in [0, 0.05) is 38.5 Å². The number of aromatic nitrogens is 4. The number of pyridine rings is 2. The van der Waals surface area contributed by atoms with Crippen molar-refractivity contribution in [3.8, 4) is 0 Å². The van der Waals surface area contributed by atoms with Gasteiger partial charge >= 0.3 is 0 Å². The Morgan fingerprint density at radius 2 is 2.03 bits per heavy atom. The molecule has 0 saturated carbocycles. The van der Waals surface area contributed by atoms with E-state index in [1.54, 1.807) is 13.3 Å². The van der Waals surface area contributed by atoms with Crippen LogP contribution in [-0.4, -0.2) is 39.8 Å². The van der Waals surface area contributed by atoms with Crippen molar-refractivity contribution in [1.82, 2.24) is 19.5 Å². The summed E-state index contributed by atoms with van der Waals surface area (Å²) in [4.78, 5) is 13.7. The van der Waals surface area contributed by atoms with Gasteiger partial charge in [-0.25, -0.2) is 9.97 Å². The fourth-order valence-electron chi connectivity index (χ4n) is 3.65. The molecular formula is C24H27N5O2. The van der Waals surface area contributed by atoms with Crippen LogP contribution in [0.1, 0.15) is 30.4 Å². The van der Waals surface area contributed by atoms with Crippen molar-refractivity contribution in [2.75, 3.05) is 26.1 Å². The van der Waals surface area contributed by atoms with Crippen LogP contribution in [0.25, 0.3) is 34.1 Å². The molecule has 0 atom stereocenters. The number of benzene rings is 1. The van der Waals surface area contributed by atoms with Gasteiger partial charge in [-0.2, -0.15) is 0 Å². The summed E-state index contributed by atoms with van der Waals surface area (Å²) in [5.74, 6) is 1.28. The van der Waals surface area contributed by atoms with E-state index in [-0.39, 0.29) is 0 Å². The average Bonchev–Trinajstić information content (AvgIpc) is 3.16. The number of nitrogens with two attached hydrogens (primary N) is 1. The Morgan fingerprint density at radius 3 is 2.81 bits per heavy atom. The largest absolute Gasteiger partial charge is 0.385 e. The van der Waals surface area contributed by atoms with Crippen LogP contribution >= 0.6 is 0 Å². The third-order valence-corrected chi connectivity index (χ3v) is 5.11. The Kier molecular flexibility index (Phi) is 6.54. The molecule has 160 valence electrons. The van der Waals surface area contributed by atoms with E-state index < -0.39 is 0 Å². The van der Waals surface area contributed by atoms with Crippen LogP contribution in [0, 0.1) is 0 Å². The Labute approximate surface area is 181 Å². The lowest BCUT2D eigenvalue weighted by atomic mass is 10.1. The average molecular weight is 418 g/mol. The summed E-state index contributed by atoms with van der Waals surface area (Å²) in [7, 11) is 1.71. The minimum absolute atomic E-state index is 0.427. The fraction of sp³-hybridized carbons (Fsp3) is 0.292. The van der Waals surface area contributed by atoms with Crippen molar-refractivity contribution < 1.29 is 9.47 Å². The molecule has 7 heteroatoms. The molecule has 0 radical (unpaired) electrons.